The number of carbonyl (C=O) groups excluding carboxylic acids is 2. The van der Waals surface area contributed by atoms with E-state index < -0.39 is 24.0 Å². The molecule has 2 aromatic rings. The molecule has 2 aromatic heterocycles. The minimum absolute atomic E-state index is 0.0481. The van der Waals surface area contributed by atoms with Crippen LogP contribution in [0.1, 0.15) is 37.6 Å². The molecule has 0 radical (unpaired) electrons. The van der Waals surface area contributed by atoms with Crippen LogP contribution in [0.15, 0.2) is 28.9 Å². The lowest BCUT2D eigenvalue weighted by atomic mass is 9.91. The van der Waals surface area contributed by atoms with Crippen LogP contribution in [0, 0.1) is 12.8 Å². The zero-order chi connectivity index (χ0) is 21.1. The van der Waals surface area contributed by atoms with Crippen molar-refractivity contribution < 1.29 is 24.1 Å². The monoisotopic (exact) mass is 422 g/mol. The summed E-state index contributed by atoms with van der Waals surface area (Å²) in [5.41, 5.74) is 2.96. The van der Waals surface area contributed by atoms with Crippen LogP contribution in [0.25, 0.3) is 0 Å². The highest BCUT2D eigenvalue weighted by atomic mass is 35.5. The molecule has 0 aromatic carbocycles. The number of aromatic nitrogens is 2. The Morgan fingerprint density at radius 2 is 2.17 bits per heavy atom. The van der Waals surface area contributed by atoms with Gasteiger partial charge in [-0.05, 0) is 18.9 Å². The van der Waals surface area contributed by atoms with E-state index in [1.165, 1.54) is 17.2 Å². The molecule has 10 heteroatoms. The average Bonchev–Trinajstić information content (AvgIpc) is 3.26. The maximum Gasteiger partial charge on any atom is 0.275 e. The number of aliphatic hydroxyl groups is 1. The third kappa shape index (κ3) is 4.86. The second kappa shape index (κ2) is 8.79. The fourth-order valence-corrected chi connectivity index (χ4v) is 3.45. The highest BCUT2D eigenvalue weighted by Gasteiger charge is 2.43. The van der Waals surface area contributed by atoms with Crippen molar-refractivity contribution in [1.82, 2.24) is 20.5 Å². The van der Waals surface area contributed by atoms with E-state index in [0.29, 0.717) is 16.5 Å². The number of amides is 2. The number of hydroxylamine groups is 1. The van der Waals surface area contributed by atoms with E-state index in [9.17, 15) is 14.7 Å². The molecular formula is C19H23ClN4O5. The average molecular weight is 423 g/mol. The molecule has 156 valence electrons. The zero-order valence-corrected chi connectivity index (χ0v) is 17.1. The fraction of sp³-hybridized carbons (Fsp3) is 0.474. The summed E-state index contributed by atoms with van der Waals surface area (Å²) in [6.45, 7) is 5.59. The molecule has 1 aliphatic rings. The molecule has 0 aliphatic carbocycles. The third-order valence-electron chi connectivity index (χ3n) is 4.71. The number of likely N-dealkylation sites (tertiary alicyclic amines) is 1. The van der Waals surface area contributed by atoms with Crippen LogP contribution in [0.3, 0.4) is 0 Å². The smallest absolute Gasteiger partial charge is 0.275 e. The molecule has 1 fully saturated rings. The van der Waals surface area contributed by atoms with E-state index in [1.807, 2.05) is 13.8 Å². The molecule has 1 saturated heterocycles. The number of hydrogen-bond donors (Lipinski definition) is 2. The molecule has 3 atom stereocenters. The number of nitrogens with zero attached hydrogens (tertiary/aromatic N) is 3. The topological polar surface area (TPSA) is 118 Å². The number of hydrogen-bond acceptors (Lipinski definition) is 7. The SMILES string of the molecule is Cc1cc(C(C(=O)N2C[C@H](O)C[C@H]2C(=O)NOc2ccc(Cl)cn2)C(C)C)on1. The molecule has 3 heterocycles. The van der Waals surface area contributed by atoms with Crippen molar-refractivity contribution in [1.29, 1.82) is 0 Å². The molecule has 9 nitrogen and oxygen atoms in total. The van der Waals surface area contributed by atoms with Gasteiger partial charge in [-0.1, -0.05) is 30.6 Å². The summed E-state index contributed by atoms with van der Waals surface area (Å²) in [6.07, 6.45) is 0.674. The van der Waals surface area contributed by atoms with Crippen LogP contribution in [0.4, 0.5) is 0 Å². The van der Waals surface area contributed by atoms with Crippen LogP contribution < -0.4 is 10.3 Å². The summed E-state index contributed by atoms with van der Waals surface area (Å²) < 4.78 is 5.30. The van der Waals surface area contributed by atoms with Crippen molar-refractivity contribution in [2.75, 3.05) is 6.54 Å². The Hall–Kier alpha value is -2.65. The number of aliphatic hydroxyl groups excluding tert-OH is 1. The summed E-state index contributed by atoms with van der Waals surface area (Å²) in [7, 11) is 0. The quantitative estimate of drug-likeness (QED) is 0.682. The van der Waals surface area contributed by atoms with Gasteiger partial charge in [-0.2, -0.15) is 5.48 Å². The Labute approximate surface area is 172 Å². The molecule has 3 rings (SSSR count). The van der Waals surface area contributed by atoms with E-state index in [4.69, 9.17) is 21.0 Å². The maximum absolute atomic E-state index is 13.2. The molecule has 2 N–H and O–H groups in total. The van der Waals surface area contributed by atoms with Gasteiger partial charge in [0, 0.05) is 31.3 Å². The lowest BCUT2D eigenvalue weighted by molar-refractivity contribution is -0.143. The highest BCUT2D eigenvalue weighted by Crippen LogP contribution is 2.31. The first-order valence-electron chi connectivity index (χ1n) is 9.26. The first-order valence-corrected chi connectivity index (χ1v) is 9.64. The Morgan fingerprint density at radius 1 is 1.41 bits per heavy atom. The van der Waals surface area contributed by atoms with E-state index in [-0.39, 0.29) is 30.7 Å². The molecular weight excluding hydrogens is 400 g/mol. The number of rotatable bonds is 6. The normalized spacial score (nSPS) is 20.0. The van der Waals surface area contributed by atoms with Gasteiger partial charge in [0.05, 0.1) is 16.8 Å². The first-order chi connectivity index (χ1) is 13.8. The van der Waals surface area contributed by atoms with Crippen LogP contribution in [-0.2, 0) is 9.59 Å². The van der Waals surface area contributed by atoms with Gasteiger partial charge in [-0.25, -0.2) is 4.98 Å². The van der Waals surface area contributed by atoms with Gasteiger partial charge in [0.15, 0.2) is 0 Å². The van der Waals surface area contributed by atoms with Gasteiger partial charge in [0.25, 0.3) is 5.91 Å². The summed E-state index contributed by atoms with van der Waals surface area (Å²) in [6, 6.07) is 3.89. The first kappa shape index (κ1) is 21.1. The number of halogens is 1. The van der Waals surface area contributed by atoms with Gasteiger partial charge in [-0.3, -0.25) is 9.59 Å². The Morgan fingerprint density at radius 3 is 2.76 bits per heavy atom. The van der Waals surface area contributed by atoms with Gasteiger partial charge < -0.3 is 19.4 Å². The number of pyridine rings is 1. The molecule has 29 heavy (non-hydrogen) atoms. The van der Waals surface area contributed by atoms with Crippen LogP contribution in [0.2, 0.25) is 5.02 Å². The predicted octanol–water partition coefficient (Wildman–Crippen LogP) is 1.84. The van der Waals surface area contributed by atoms with E-state index >= 15 is 0 Å². The molecule has 1 unspecified atom stereocenters. The van der Waals surface area contributed by atoms with Crippen LogP contribution in [0.5, 0.6) is 5.88 Å². The molecule has 0 spiro atoms. The van der Waals surface area contributed by atoms with Crippen LogP contribution in [-0.4, -0.2) is 50.7 Å². The van der Waals surface area contributed by atoms with Crippen molar-refractivity contribution in [2.45, 2.75) is 45.3 Å². The maximum atomic E-state index is 13.2. The van der Waals surface area contributed by atoms with Crippen molar-refractivity contribution in [3.05, 3.63) is 40.9 Å². The third-order valence-corrected chi connectivity index (χ3v) is 4.93. The standard InChI is InChI=1S/C19H23ClN4O5/c1-10(2)17(15-6-11(3)22-28-15)19(27)24-9-13(25)7-14(24)18(26)23-29-16-5-4-12(20)8-21-16/h4-6,8,10,13-14,17,25H,7,9H2,1-3H3,(H,23,26)/t13-,14+,17?/m1/s1. The largest absolute Gasteiger partial charge is 0.391 e. The summed E-state index contributed by atoms with van der Waals surface area (Å²) in [5, 5.41) is 14.4. The van der Waals surface area contributed by atoms with E-state index in [0.717, 1.165) is 0 Å². The molecule has 0 saturated carbocycles. The Bertz CT molecular complexity index is 870. The van der Waals surface area contributed by atoms with Gasteiger partial charge in [-0.15, -0.1) is 0 Å². The lowest BCUT2D eigenvalue weighted by Crippen LogP contribution is -2.48. The van der Waals surface area contributed by atoms with Crippen LogP contribution >= 0.6 is 11.6 Å². The highest BCUT2D eigenvalue weighted by molar-refractivity contribution is 6.30. The second-order valence-electron chi connectivity index (χ2n) is 7.37. The Kier molecular flexibility index (Phi) is 6.39. The van der Waals surface area contributed by atoms with Crippen molar-refractivity contribution in [3.63, 3.8) is 0 Å². The molecule has 0 bridgehead atoms. The minimum atomic E-state index is -0.880. The van der Waals surface area contributed by atoms with Crippen molar-refractivity contribution in [3.8, 4) is 5.88 Å². The summed E-state index contributed by atoms with van der Waals surface area (Å²) >= 11 is 5.77. The van der Waals surface area contributed by atoms with Gasteiger partial charge >= 0.3 is 0 Å². The second-order valence-corrected chi connectivity index (χ2v) is 7.81. The van der Waals surface area contributed by atoms with E-state index in [2.05, 4.69) is 15.6 Å². The molecule has 1 aliphatic heterocycles. The number of aryl methyl sites for hydroxylation is 1. The number of β-amino-alcohol motifs (C(OH)–C–C–N with tert-alkyl or cyclic N) is 1. The minimum Gasteiger partial charge on any atom is -0.391 e. The van der Waals surface area contributed by atoms with E-state index in [1.54, 1.807) is 19.1 Å². The molecule has 2 amide bonds. The summed E-state index contributed by atoms with van der Waals surface area (Å²) in [5.74, 6) is -0.983. The zero-order valence-electron chi connectivity index (χ0n) is 16.3. The number of carbonyl (C=O) groups is 2. The Balaban J connectivity index is 1.73. The predicted molar refractivity (Wildman–Crippen MR) is 103 cm³/mol. The van der Waals surface area contributed by atoms with Gasteiger partial charge in [0.1, 0.15) is 17.7 Å². The van der Waals surface area contributed by atoms with Gasteiger partial charge in [0.2, 0.25) is 11.8 Å². The van der Waals surface area contributed by atoms with Crippen molar-refractivity contribution >= 4 is 23.4 Å². The lowest BCUT2D eigenvalue weighted by Gasteiger charge is -2.28. The summed E-state index contributed by atoms with van der Waals surface area (Å²) in [4.78, 5) is 36.4. The van der Waals surface area contributed by atoms with Crippen molar-refractivity contribution in [2.24, 2.45) is 5.92 Å². The number of nitrogens with one attached hydrogen (secondary N) is 1. The fourth-order valence-electron chi connectivity index (χ4n) is 3.34.